The molecule has 0 fully saturated rings. The van der Waals surface area contributed by atoms with Gasteiger partial charge in [-0.15, -0.1) is 15.3 Å². The van der Waals surface area contributed by atoms with Gasteiger partial charge in [0.15, 0.2) is 11.6 Å². The van der Waals surface area contributed by atoms with Gasteiger partial charge in [0.1, 0.15) is 22.9 Å². The fourth-order valence-corrected chi connectivity index (χ4v) is 3.83. The minimum atomic E-state index is -0.421. The first-order valence-electron chi connectivity index (χ1n) is 10.3. The largest absolute Gasteiger partial charge is 0.479 e. The molecule has 0 radical (unpaired) electrons. The summed E-state index contributed by atoms with van der Waals surface area (Å²) in [6, 6.07) is 5.50. The van der Waals surface area contributed by atoms with Crippen LogP contribution >= 0.6 is 0 Å². The summed E-state index contributed by atoms with van der Waals surface area (Å²) in [5.74, 6) is 2.12. The second-order valence-electron chi connectivity index (χ2n) is 7.38. The van der Waals surface area contributed by atoms with E-state index in [4.69, 9.17) is 9.47 Å². The zero-order chi connectivity index (χ0) is 22.8. The number of pyridine rings is 1. The lowest BCUT2D eigenvalue weighted by Gasteiger charge is -2.14. The van der Waals surface area contributed by atoms with E-state index in [1.165, 1.54) is 30.4 Å². The van der Waals surface area contributed by atoms with Crippen molar-refractivity contribution < 1.29 is 14.3 Å². The molecule has 33 heavy (non-hydrogen) atoms. The number of amides is 1. The van der Waals surface area contributed by atoms with Crippen LogP contribution < -0.4 is 10.1 Å². The second kappa shape index (κ2) is 8.74. The Bertz CT molecular complexity index is 1290. The molecule has 1 atom stereocenters. The number of aryl methyl sites for hydroxylation is 1. The maximum Gasteiger partial charge on any atom is 0.263 e. The Morgan fingerprint density at radius 3 is 2.94 bits per heavy atom. The van der Waals surface area contributed by atoms with Crippen molar-refractivity contribution in [2.45, 2.75) is 18.9 Å². The average Bonchev–Trinajstić information content (AvgIpc) is 3.56. The number of methoxy groups -OCH3 is 2. The molecule has 5 heterocycles. The topological polar surface area (TPSA) is 135 Å². The van der Waals surface area contributed by atoms with E-state index in [-0.39, 0.29) is 17.5 Å². The molecule has 1 N–H and O–H groups in total. The molecule has 0 bridgehead atoms. The number of rotatable bonds is 7. The van der Waals surface area contributed by atoms with Crippen LogP contribution in [0, 0.1) is 0 Å². The molecule has 12 heteroatoms. The van der Waals surface area contributed by atoms with Gasteiger partial charge < -0.3 is 19.4 Å². The van der Waals surface area contributed by atoms with Crippen LogP contribution in [-0.4, -0.2) is 66.2 Å². The number of hydrogen-bond acceptors (Lipinski definition) is 9. The Labute approximate surface area is 188 Å². The minimum absolute atomic E-state index is 0.159. The van der Waals surface area contributed by atoms with Gasteiger partial charge in [-0.1, -0.05) is 6.07 Å². The predicted molar refractivity (Wildman–Crippen MR) is 116 cm³/mol. The summed E-state index contributed by atoms with van der Waals surface area (Å²) in [5, 5.41) is 15.7. The van der Waals surface area contributed by atoms with Crippen LogP contribution in [0.3, 0.4) is 0 Å². The van der Waals surface area contributed by atoms with Gasteiger partial charge in [0.25, 0.3) is 5.91 Å². The summed E-state index contributed by atoms with van der Waals surface area (Å²) in [5.41, 5.74) is 0.843. The molecular weight excluding hydrogens is 426 g/mol. The van der Waals surface area contributed by atoms with Gasteiger partial charge in [0, 0.05) is 32.1 Å². The molecule has 0 unspecified atom stereocenters. The fourth-order valence-electron chi connectivity index (χ4n) is 3.83. The van der Waals surface area contributed by atoms with Crippen molar-refractivity contribution in [1.82, 2.24) is 39.5 Å². The van der Waals surface area contributed by atoms with Gasteiger partial charge in [-0.25, -0.2) is 14.6 Å². The first-order valence-corrected chi connectivity index (χ1v) is 10.3. The molecule has 4 aromatic heterocycles. The van der Waals surface area contributed by atoms with Gasteiger partial charge in [-0.05, 0) is 18.6 Å². The van der Waals surface area contributed by atoms with Crippen LogP contribution in [0.4, 0.5) is 5.82 Å². The lowest BCUT2D eigenvalue weighted by Crippen LogP contribution is -2.14. The van der Waals surface area contributed by atoms with E-state index in [0.717, 1.165) is 18.7 Å². The van der Waals surface area contributed by atoms with E-state index in [0.29, 0.717) is 29.8 Å². The third-order valence-corrected chi connectivity index (χ3v) is 5.31. The number of hydrogen-bond donors (Lipinski definition) is 1. The maximum absolute atomic E-state index is 13.0. The average molecular weight is 447 g/mol. The highest BCUT2D eigenvalue weighted by molar-refractivity contribution is 6.05. The smallest absolute Gasteiger partial charge is 0.263 e. The molecular formula is C21H21N9O3. The molecule has 4 aromatic rings. The number of aromatic nitrogens is 8. The first-order chi connectivity index (χ1) is 16.2. The first kappa shape index (κ1) is 20.7. The second-order valence-corrected chi connectivity index (χ2v) is 7.38. The van der Waals surface area contributed by atoms with Crippen molar-refractivity contribution in [3.8, 4) is 23.2 Å². The summed E-state index contributed by atoms with van der Waals surface area (Å²) in [7, 11) is 3.12. The number of nitrogens with one attached hydrogen (secondary N) is 1. The Balaban J connectivity index is 1.41. The normalized spacial score (nSPS) is 14.8. The monoisotopic (exact) mass is 447 g/mol. The number of carbonyl (C=O) groups excluding carboxylic acids is 1. The van der Waals surface area contributed by atoms with E-state index in [1.807, 2.05) is 6.07 Å². The van der Waals surface area contributed by atoms with Crippen LogP contribution in [0.1, 0.15) is 28.6 Å². The maximum atomic E-state index is 13.0. The van der Waals surface area contributed by atoms with Crippen molar-refractivity contribution in [3.63, 3.8) is 0 Å². The predicted octanol–water partition coefficient (Wildman–Crippen LogP) is 1.71. The Morgan fingerprint density at radius 2 is 2.15 bits per heavy atom. The van der Waals surface area contributed by atoms with E-state index >= 15 is 0 Å². The lowest BCUT2D eigenvalue weighted by atomic mass is 10.2. The number of anilines is 1. The van der Waals surface area contributed by atoms with Gasteiger partial charge in [-0.2, -0.15) is 0 Å². The molecule has 1 aliphatic heterocycles. The van der Waals surface area contributed by atoms with E-state index < -0.39 is 5.91 Å². The Morgan fingerprint density at radius 1 is 1.24 bits per heavy atom. The molecule has 0 spiro atoms. The zero-order valence-corrected chi connectivity index (χ0v) is 18.0. The standard InChI is InChI=1S/C21H21N9O3/c1-32-12-13-6-7-17-26-27-19(30(13)17)15-4-3-5-16(24-15)25-20(31)14-11-29(28-21(14)33-2)18-10-22-8-9-23-18/h3-5,8-11,13H,6-7,12H2,1-2H3,(H,24,25,31)/t13-/m0/s1. The summed E-state index contributed by atoms with van der Waals surface area (Å²) in [6.07, 6.45) is 7.94. The lowest BCUT2D eigenvalue weighted by molar-refractivity contribution is 0.102. The third kappa shape index (κ3) is 3.91. The Hall–Kier alpha value is -4.19. The van der Waals surface area contributed by atoms with Crippen molar-refractivity contribution >= 4 is 11.7 Å². The van der Waals surface area contributed by atoms with Crippen LogP contribution in [0.15, 0.2) is 43.0 Å². The molecule has 5 rings (SSSR count). The van der Waals surface area contributed by atoms with Crippen molar-refractivity contribution in [3.05, 3.63) is 54.4 Å². The van der Waals surface area contributed by atoms with E-state index in [2.05, 4.69) is 40.1 Å². The third-order valence-electron chi connectivity index (χ3n) is 5.31. The number of ether oxygens (including phenoxy) is 2. The van der Waals surface area contributed by atoms with Crippen LogP contribution in [0.25, 0.3) is 17.3 Å². The van der Waals surface area contributed by atoms with Gasteiger partial charge in [0.05, 0.1) is 26.0 Å². The van der Waals surface area contributed by atoms with Crippen molar-refractivity contribution in [2.24, 2.45) is 0 Å². The summed E-state index contributed by atoms with van der Waals surface area (Å²) in [4.78, 5) is 25.8. The van der Waals surface area contributed by atoms with E-state index in [1.54, 1.807) is 25.4 Å². The van der Waals surface area contributed by atoms with Crippen LogP contribution in [-0.2, 0) is 11.2 Å². The highest BCUT2D eigenvalue weighted by Crippen LogP contribution is 2.31. The molecule has 0 saturated carbocycles. The molecule has 0 aliphatic carbocycles. The minimum Gasteiger partial charge on any atom is -0.479 e. The molecule has 1 amide bonds. The highest BCUT2D eigenvalue weighted by Gasteiger charge is 2.28. The van der Waals surface area contributed by atoms with Crippen molar-refractivity contribution in [1.29, 1.82) is 0 Å². The van der Waals surface area contributed by atoms with Crippen molar-refractivity contribution in [2.75, 3.05) is 26.1 Å². The van der Waals surface area contributed by atoms with Gasteiger partial charge in [0.2, 0.25) is 5.88 Å². The SMILES string of the molecule is COC[C@@H]1CCc2nnc(-c3cccc(NC(=O)c4cn(-c5cnccn5)nc4OC)n3)n21. The zero-order valence-electron chi connectivity index (χ0n) is 18.0. The fraction of sp³-hybridized carbons (Fsp3) is 0.286. The molecule has 168 valence electrons. The van der Waals surface area contributed by atoms with Crippen LogP contribution in [0.2, 0.25) is 0 Å². The number of carbonyl (C=O) groups is 1. The van der Waals surface area contributed by atoms with Crippen LogP contribution in [0.5, 0.6) is 5.88 Å². The Kier molecular flexibility index (Phi) is 5.48. The van der Waals surface area contributed by atoms with Gasteiger partial charge in [-0.3, -0.25) is 9.78 Å². The molecule has 0 aromatic carbocycles. The van der Waals surface area contributed by atoms with Gasteiger partial charge >= 0.3 is 0 Å². The molecule has 1 aliphatic rings. The molecule has 0 saturated heterocycles. The number of fused-ring (bicyclic) bond motifs is 1. The van der Waals surface area contributed by atoms with E-state index in [9.17, 15) is 4.79 Å². The highest BCUT2D eigenvalue weighted by atomic mass is 16.5. The number of nitrogens with zero attached hydrogens (tertiary/aromatic N) is 8. The molecule has 12 nitrogen and oxygen atoms in total. The quantitative estimate of drug-likeness (QED) is 0.449. The summed E-state index contributed by atoms with van der Waals surface area (Å²) >= 11 is 0. The summed E-state index contributed by atoms with van der Waals surface area (Å²) < 4.78 is 14.1. The summed E-state index contributed by atoms with van der Waals surface area (Å²) in [6.45, 7) is 0.573.